The third-order valence-electron chi connectivity index (χ3n) is 7.81. The van der Waals surface area contributed by atoms with E-state index in [1.54, 1.807) is 31.2 Å². The van der Waals surface area contributed by atoms with Gasteiger partial charge in [0.15, 0.2) is 5.82 Å². The smallest absolute Gasteiger partial charge is 0.221 e. The van der Waals surface area contributed by atoms with E-state index in [2.05, 4.69) is 10.1 Å². The Morgan fingerprint density at radius 1 is 1.11 bits per heavy atom. The van der Waals surface area contributed by atoms with E-state index in [9.17, 15) is 13.5 Å². The number of rotatable bonds is 7. The highest BCUT2D eigenvalue weighted by atomic mass is 32.2. The van der Waals surface area contributed by atoms with Gasteiger partial charge < -0.3 is 9.84 Å². The average molecular weight is 547 g/mol. The summed E-state index contributed by atoms with van der Waals surface area (Å²) in [7, 11) is -3.80. The summed E-state index contributed by atoms with van der Waals surface area (Å²) in [5, 5.41) is 13.0. The fourth-order valence-corrected chi connectivity index (χ4v) is 7.84. The van der Waals surface area contributed by atoms with Crippen molar-refractivity contribution >= 4 is 10.0 Å². The second kappa shape index (κ2) is 10.8. The Bertz CT molecular complexity index is 1380. The van der Waals surface area contributed by atoms with Crippen LogP contribution in [0, 0.1) is 11.6 Å². The Hall–Kier alpha value is -2.73. The predicted molar refractivity (Wildman–Crippen MR) is 137 cm³/mol. The number of ether oxygens (including phenoxy) is 1. The maximum Gasteiger partial charge on any atom is 0.221 e. The van der Waals surface area contributed by atoms with Gasteiger partial charge in [0.05, 0.1) is 18.6 Å². The third-order valence-corrected chi connectivity index (χ3v) is 10.2. The highest BCUT2D eigenvalue weighted by Crippen LogP contribution is 2.42. The molecule has 2 aliphatic heterocycles. The van der Waals surface area contributed by atoms with Crippen LogP contribution in [-0.4, -0.2) is 58.5 Å². The number of nitrogens with zero attached hydrogens (tertiary/aromatic N) is 4. The number of halogens is 2. The first kappa shape index (κ1) is 26.9. The molecule has 2 aromatic carbocycles. The number of hydrogen-bond acceptors (Lipinski definition) is 6. The topological polar surface area (TPSA) is 97.6 Å². The van der Waals surface area contributed by atoms with Crippen LogP contribution in [0.4, 0.5) is 8.78 Å². The minimum absolute atomic E-state index is 0.0173. The van der Waals surface area contributed by atoms with Crippen LogP contribution in [0.2, 0.25) is 0 Å². The van der Waals surface area contributed by atoms with Crippen molar-refractivity contribution in [1.82, 2.24) is 19.1 Å². The third kappa shape index (κ3) is 4.88. The maximum atomic E-state index is 15.8. The molecule has 3 aromatic rings. The molecule has 0 amide bonds. The zero-order chi connectivity index (χ0) is 26.9. The molecule has 8 nitrogen and oxygen atoms in total. The summed E-state index contributed by atoms with van der Waals surface area (Å²) in [6.07, 6.45) is 3.29. The van der Waals surface area contributed by atoms with E-state index in [-0.39, 0.29) is 36.9 Å². The summed E-state index contributed by atoms with van der Waals surface area (Å²) >= 11 is 0. The van der Waals surface area contributed by atoms with E-state index in [0.717, 1.165) is 6.07 Å². The van der Waals surface area contributed by atoms with E-state index in [0.29, 0.717) is 50.3 Å². The number of benzene rings is 2. The van der Waals surface area contributed by atoms with Crippen molar-refractivity contribution in [3.05, 3.63) is 82.9 Å². The second-order valence-electron chi connectivity index (χ2n) is 10.1. The van der Waals surface area contributed by atoms with Gasteiger partial charge in [0.25, 0.3) is 0 Å². The molecule has 2 atom stereocenters. The number of hydrogen-bond donors (Lipinski definition) is 1. The molecule has 2 fully saturated rings. The minimum Gasteiger partial charge on any atom is -0.394 e. The molecular formula is C27H32F2N4O4S. The predicted octanol–water partition coefficient (Wildman–Crippen LogP) is 3.70. The van der Waals surface area contributed by atoms with Gasteiger partial charge >= 0.3 is 0 Å². The number of aliphatic hydroxyl groups is 1. The van der Waals surface area contributed by atoms with Gasteiger partial charge in [0.2, 0.25) is 10.0 Å². The van der Waals surface area contributed by atoms with E-state index < -0.39 is 32.3 Å². The van der Waals surface area contributed by atoms with Gasteiger partial charge in [-0.1, -0.05) is 30.3 Å². The molecule has 0 bridgehead atoms. The van der Waals surface area contributed by atoms with Crippen molar-refractivity contribution < 1.29 is 27.0 Å². The van der Waals surface area contributed by atoms with Crippen molar-refractivity contribution in [3.8, 4) is 0 Å². The van der Waals surface area contributed by atoms with E-state index in [1.165, 1.54) is 21.4 Å². The van der Waals surface area contributed by atoms with Crippen molar-refractivity contribution in [3.63, 3.8) is 0 Å². The average Bonchev–Trinajstić information content (AvgIpc) is 3.38. The van der Waals surface area contributed by atoms with Crippen LogP contribution < -0.4 is 0 Å². The number of aliphatic hydroxyl groups excluding tert-OH is 1. The summed E-state index contributed by atoms with van der Waals surface area (Å²) < 4.78 is 66.9. The van der Waals surface area contributed by atoms with Crippen molar-refractivity contribution in [1.29, 1.82) is 0 Å². The largest absolute Gasteiger partial charge is 0.394 e. The van der Waals surface area contributed by atoms with Crippen LogP contribution >= 0.6 is 0 Å². The number of aromatic nitrogens is 3. The van der Waals surface area contributed by atoms with Gasteiger partial charge in [-0.2, -0.15) is 9.40 Å². The van der Waals surface area contributed by atoms with Crippen LogP contribution in [0.1, 0.15) is 60.4 Å². The van der Waals surface area contributed by atoms with Gasteiger partial charge in [-0.05, 0) is 50.3 Å². The molecule has 1 N–H and O–H groups in total. The normalized spacial score (nSPS) is 23.4. The quantitative estimate of drug-likeness (QED) is 0.486. The van der Waals surface area contributed by atoms with Crippen molar-refractivity contribution in [2.75, 3.05) is 19.8 Å². The first-order chi connectivity index (χ1) is 18.3. The summed E-state index contributed by atoms with van der Waals surface area (Å²) in [4.78, 5) is 4.37. The lowest BCUT2D eigenvalue weighted by molar-refractivity contribution is 0.0591. The lowest BCUT2D eigenvalue weighted by atomic mass is 9.73. The highest BCUT2D eigenvalue weighted by molar-refractivity contribution is 7.89. The van der Waals surface area contributed by atoms with Crippen LogP contribution in [0.5, 0.6) is 0 Å². The molecule has 0 spiro atoms. The molecule has 2 saturated heterocycles. The van der Waals surface area contributed by atoms with Crippen molar-refractivity contribution in [2.45, 2.75) is 62.4 Å². The molecule has 5 rings (SSSR count). The van der Waals surface area contributed by atoms with Gasteiger partial charge in [0.1, 0.15) is 23.2 Å². The number of sulfonamides is 1. The lowest BCUT2D eigenvalue weighted by Gasteiger charge is -2.38. The first-order valence-electron chi connectivity index (χ1n) is 12.9. The van der Waals surface area contributed by atoms with Crippen LogP contribution in [0.3, 0.4) is 0 Å². The molecule has 204 valence electrons. The van der Waals surface area contributed by atoms with Gasteiger partial charge in [-0.25, -0.2) is 22.2 Å². The first-order valence-corrected chi connectivity index (χ1v) is 14.4. The van der Waals surface area contributed by atoms with Gasteiger partial charge in [0, 0.05) is 36.9 Å². The second-order valence-corrected chi connectivity index (χ2v) is 12.2. The van der Waals surface area contributed by atoms with Crippen LogP contribution in [0.15, 0.2) is 48.8 Å². The molecule has 11 heteroatoms. The molecule has 38 heavy (non-hydrogen) atoms. The summed E-state index contributed by atoms with van der Waals surface area (Å²) in [5.41, 5.74) is -0.191. The van der Waals surface area contributed by atoms with E-state index in [4.69, 9.17) is 4.74 Å². The summed E-state index contributed by atoms with van der Waals surface area (Å²) in [6, 6.07) is 10.9. The molecule has 0 radical (unpaired) electrons. The van der Waals surface area contributed by atoms with Gasteiger partial charge in [-0.3, -0.25) is 4.68 Å². The molecular weight excluding hydrogens is 514 g/mol. The molecule has 0 saturated carbocycles. The maximum absolute atomic E-state index is 15.8. The van der Waals surface area contributed by atoms with E-state index in [1.807, 2.05) is 6.07 Å². The van der Waals surface area contributed by atoms with Crippen LogP contribution in [-0.2, 0) is 33.3 Å². The molecule has 3 heterocycles. The fourth-order valence-electron chi connectivity index (χ4n) is 5.65. The SMILES string of the molecule is C[C@H]1CC[C@H](c2ccccc2)S(=O)(=O)N1Cc1cc(F)c(C2(c3ncn(CCO)n3)CCOCC2)cc1F. The lowest BCUT2D eigenvalue weighted by Crippen LogP contribution is -2.45. The Balaban J connectivity index is 1.49. The van der Waals surface area contributed by atoms with Gasteiger partial charge in [-0.15, -0.1) is 0 Å². The van der Waals surface area contributed by atoms with Crippen molar-refractivity contribution in [2.24, 2.45) is 0 Å². The monoisotopic (exact) mass is 546 g/mol. The minimum atomic E-state index is -3.80. The molecule has 1 aromatic heterocycles. The Kier molecular flexibility index (Phi) is 7.63. The van der Waals surface area contributed by atoms with Crippen LogP contribution in [0.25, 0.3) is 0 Å². The Morgan fingerprint density at radius 2 is 1.84 bits per heavy atom. The standard InChI is InChI=1S/C27H32F2N4O4S/c1-19-7-8-25(20-5-3-2-4-6-20)38(35,36)33(19)17-21-15-24(29)22(16-23(21)28)27(9-13-37-14-10-27)26-30-18-32(31-26)11-12-34/h2-6,15-16,18-19,25,34H,7-14,17H2,1H3/t19-,25+/m0/s1. The summed E-state index contributed by atoms with van der Waals surface area (Å²) in [5.74, 6) is -0.965. The zero-order valence-corrected chi connectivity index (χ0v) is 22.1. The van der Waals surface area contributed by atoms with E-state index >= 15 is 8.78 Å². The summed E-state index contributed by atoms with van der Waals surface area (Å²) in [6.45, 7) is 2.33. The fraction of sp³-hybridized carbons (Fsp3) is 0.481. The molecule has 2 aliphatic rings. The Morgan fingerprint density at radius 3 is 2.55 bits per heavy atom. The highest BCUT2D eigenvalue weighted by Gasteiger charge is 2.44. The zero-order valence-electron chi connectivity index (χ0n) is 21.3. The molecule has 0 aliphatic carbocycles. The molecule has 0 unspecified atom stereocenters. The Labute approximate surface area is 221 Å².